The highest BCUT2D eigenvalue weighted by Gasteiger charge is 2.17. The Bertz CT molecular complexity index is 280. The molecular weight excluding hydrogens is 142 g/mol. The Morgan fingerprint density at radius 1 is 1.36 bits per heavy atom. The average Bonchev–Trinajstić information content (AvgIpc) is 2.46. The Morgan fingerprint density at radius 2 is 2.18 bits per heavy atom. The van der Waals surface area contributed by atoms with Crippen molar-refractivity contribution in [3.05, 3.63) is 29.8 Å². The second-order valence-corrected chi connectivity index (χ2v) is 2.38. The molecule has 3 heteroatoms. The molecule has 1 heterocycles. The first-order valence-electron chi connectivity index (χ1n) is 3.37. The summed E-state index contributed by atoms with van der Waals surface area (Å²) in [5.41, 5.74) is 1.07. The molecule has 1 aliphatic rings. The Morgan fingerprint density at radius 3 is 2.91 bits per heavy atom. The van der Waals surface area contributed by atoms with Gasteiger partial charge < -0.3 is 9.94 Å². The summed E-state index contributed by atoms with van der Waals surface area (Å²) in [4.78, 5) is 0. The van der Waals surface area contributed by atoms with E-state index in [0.29, 0.717) is 12.3 Å². The lowest BCUT2D eigenvalue weighted by molar-refractivity contribution is 0.304. The summed E-state index contributed by atoms with van der Waals surface area (Å²) in [7, 11) is 0. The molecule has 0 atom stereocenters. The first kappa shape index (κ1) is 6.22. The first-order chi connectivity index (χ1) is 5.40. The second kappa shape index (κ2) is 2.27. The van der Waals surface area contributed by atoms with Gasteiger partial charge >= 0.3 is 0 Å². The summed E-state index contributed by atoms with van der Waals surface area (Å²) in [5.74, 6) is 1.16. The van der Waals surface area contributed by atoms with Gasteiger partial charge in [0, 0.05) is 5.56 Å². The quantitative estimate of drug-likeness (QED) is 0.447. The molecule has 0 bridgehead atoms. The van der Waals surface area contributed by atoms with Crippen molar-refractivity contribution in [2.75, 3.05) is 0 Å². The van der Waals surface area contributed by atoms with Crippen molar-refractivity contribution >= 4 is 5.90 Å². The van der Waals surface area contributed by atoms with Crippen LogP contribution < -0.4 is 4.74 Å². The third-order valence-corrected chi connectivity index (χ3v) is 1.65. The lowest BCUT2D eigenvalue weighted by atomic mass is 10.2. The minimum absolute atomic E-state index is 0.367. The third kappa shape index (κ3) is 0.941. The van der Waals surface area contributed by atoms with E-state index in [1.807, 2.05) is 24.3 Å². The summed E-state index contributed by atoms with van der Waals surface area (Å²) in [6.07, 6.45) is 0.590. The average molecular weight is 149 g/mol. The molecule has 1 aliphatic heterocycles. The molecule has 1 N–H and O–H groups in total. The van der Waals surface area contributed by atoms with E-state index in [1.165, 1.54) is 0 Å². The fourth-order valence-corrected chi connectivity index (χ4v) is 1.13. The van der Waals surface area contributed by atoms with E-state index >= 15 is 0 Å². The Kier molecular flexibility index (Phi) is 1.28. The largest absolute Gasteiger partial charge is 0.439 e. The molecule has 0 saturated carbocycles. The smallest absolute Gasteiger partial charge is 0.235 e. The molecule has 3 nitrogen and oxygen atoms in total. The van der Waals surface area contributed by atoms with Gasteiger partial charge in [0.15, 0.2) is 0 Å². The number of hydrogen-bond donors (Lipinski definition) is 1. The van der Waals surface area contributed by atoms with Gasteiger partial charge in [0.25, 0.3) is 0 Å². The molecule has 0 amide bonds. The zero-order chi connectivity index (χ0) is 7.68. The van der Waals surface area contributed by atoms with Gasteiger partial charge in [-0.1, -0.05) is 23.4 Å². The number of nitrogens with zero attached hydrogens (tertiary/aromatic N) is 1. The van der Waals surface area contributed by atoms with Crippen LogP contribution in [0.5, 0.6) is 5.75 Å². The van der Waals surface area contributed by atoms with E-state index in [2.05, 4.69) is 5.16 Å². The van der Waals surface area contributed by atoms with Crippen molar-refractivity contribution in [1.82, 2.24) is 0 Å². The highest BCUT2D eigenvalue weighted by molar-refractivity contribution is 5.85. The van der Waals surface area contributed by atoms with Crippen molar-refractivity contribution in [1.29, 1.82) is 0 Å². The Balaban J connectivity index is 2.41. The number of hydrogen-bond acceptors (Lipinski definition) is 3. The van der Waals surface area contributed by atoms with Crippen LogP contribution in [0.25, 0.3) is 0 Å². The summed E-state index contributed by atoms with van der Waals surface area (Å²) in [5, 5.41) is 11.4. The van der Waals surface area contributed by atoms with Crippen LogP contribution in [0.2, 0.25) is 0 Å². The Hall–Kier alpha value is -1.51. The topological polar surface area (TPSA) is 41.8 Å². The van der Waals surface area contributed by atoms with Crippen molar-refractivity contribution in [3.8, 4) is 5.75 Å². The van der Waals surface area contributed by atoms with Crippen LogP contribution in [0.1, 0.15) is 5.56 Å². The minimum atomic E-state index is 0.367. The van der Waals surface area contributed by atoms with Crippen LogP contribution in [-0.4, -0.2) is 11.1 Å². The summed E-state index contributed by atoms with van der Waals surface area (Å²) < 4.78 is 5.16. The zero-order valence-electron chi connectivity index (χ0n) is 5.82. The SMILES string of the molecule is ON=C1Cc2ccccc2O1. The lowest BCUT2D eigenvalue weighted by Crippen LogP contribution is -2.01. The minimum Gasteiger partial charge on any atom is -0.439 e. The highest BCUT2D eigenvalue weighted by Crippen LogP contribution is 2.24. The fraction of sp³-hybridized carbons (Fsp3) is 0.125. The molecule has 1 aromatic carbocycles. The molecule has 0 aromatic heterocycles. The van der Waals surface area contributed by atoms with E-state index in [4.69, 9.17) is 9.94 Å². The zero-order valence-corrected chi connectivity index (χ0v) is 5.82. The van der Waals surface area contributed by atoms with E-state index in [-0.39, 0.29) is 0 Å². The summed E-state index contributed by atoms with van der Waals surface area (Å²) in [6.45, 7) is 0. The molecule has 0 aliphatic carbocycles. The number of oxime groups is 1. The maximum Gasteiger partial charge on any atom is 0.235 e. The molecule has 11 heavy (non-hydrogen) atoms. The number of para-hydroxylation sites is 1. The van der Waals surface area contributed by atoms with Gasteiger partial charge in [-0.2, -0.15) is 0 Å². The molecule has 0 fully saturated rings. The monoisotopic (exact) mass is 149 g/mol. The Labute approximate surface area is 63.9 Å². The summed E-state index contributed by atoms with van der Waals surface area (Å²) in [6, 6.07) is 7.63. The maximum absolute atomic E-state index is 8.40. The normalized spacial score (nSPS) is 18.0. The molecule has 1 aromatic rings. The van der Waals surface area contributed by atoms with Crippen LogP contribution in [0.4, 0.5) is 0 Å². The summed E-state index contributed by atoms with van der Waals surface area (Å²) >= 11 is 0. The molecule has 0 radical (unpaired) electrons. The van der Waals surface area contributed by atoms with Crippen LogP contribution in [0.3, 0.4) is 0 Å². The number of benzene rings is 1. The molecule has 2 rings (SSSR count). The third-order valence-electron chi connectivity index (χ3n) is 1.65. The van der Waals surface area contributed by atoms with Crippen LogP contribution >= 0.6 is 0 Å². The molecule has 0 spiro atoms. The van der Waals surface area contributed by atoms with E-state index in [9.17, 15) is 0 Å². The van der Waals surface area contributed by atoms with Gasteiger partial charge in [-0.15, -0.1) is 0 Å². The predicted octanol–water partition coefficient (Wildman–Crippen LogP) is 1.41. The molecule has 0 saturated heterocycles. The van der Waals surface area contributed by atoms with Crippen LogP contribution in [-0.2, 0) is 6.42 Å². The van der Waals surface area contributed by atoms with Crippen LogP contribution in [0.15, 0.2) is 29.4 Å². The van der Waals surface area contributed by atoms with E-state index < -0.39 is 0 Å². The second-order valence-electron chi connectivity index (χ2n) is 2.38. The van der Waals surface area contributed by atoms with Crippen molar-refractivity contribution in [2.45, 2.75) is 6.42 Å². The van der Waals surface area contributed by atoms with Gasteiger partial charge in [0.05, 0.1) is 6.42 Å². The van der Waals surface area contributed by atoms with Crippen molar-refractivity contribution in [3.63, 3.8) is 0 Å². The predicted molar refractivity (Wildman–Crippen MR) is 40.0 cm³/mol. The number of rotatable bonds is 0. The fourth-order valence-electron chi connectivity index (χ4n) is 1.13. The maximum atomic E-state index is 8.40. The van der Waals surface area contributed by atoms with Gasteiger partial charge in [0.2, 0.25) is 5.90 Å². The molecule has 56 valence electrons. The first-order valence-corrected chi connectivity index (χ1v) is 3.37. The number of fused-ring (bicyclic) bond motifs is 1. The van der Waals surface area contributed by atoms with Crippen molar-refractivity contribution < 1.29 is 9.94 Å². The van der Waals surface area contributed by atoms with Gasteiger partial charge in [0.1, 0.15) is 5.75 Å². The standard InChI is InChI=1S/C8H7NO2/c10-9-8-5-6-3-1-2-4-7(6)11-8/h1-4,10H,5H2. The van der Waals surface area contributed by atoms with Crippen molar-refractivity contribution in [2.24, 2.45) is 5.16 Å². The van der Waals surface area contributed by atoms with Crippen LogP contribution in [0, 0.1) is 0 Å². The highest BCUT2D eigenvalue weighted by atomic mass is 16.5. The number of ether oxygens (including phenoxy) is 1. The molecular formula is C8H7NO2. The lowest BCUT2D eigenvalue weighted by Gasteiger charge is -1.93. The van der Waals surface area contributed by atoms with Gasteiger partial charge in [-0.3, -0.25) is 0 Å². The molecule has 0 unspecified atom stereocenters. The van der Waals surface area contributed by atoms with Gasteiger partial charge in [-0.05, 0) is 6.07 Å². The van der Waals surface area contributed by atoms with E-state index in [0.717, 1.165) is 11.3 Å². The van der Waals surface area contributed by atoms with E-state index in [1.54, 1.807) is 0 Å². The van der Waals surface area contributed by atoms with Gasteiger partial charge in [-0.25, -0.2) is 0 Å².